The summed E-state index contributed by atoms with van der Waals surface area (Å²) in [5, 5.41) is 0. The van der Waals surface area contributed by atoms with Crippen LogP contribution >= 0.6 is 0 Å². The molecule has 0 fully saturated rings. The van der Waals surface area contributed by atoms with Gasteiger partial charge in [-0.2, -0.15) is 0 Å². The van der Waals surface area contributed by atoms with Gasteiger partial charge in [-0.3, -0.25) is 4.21 Å². The third kappa shape index (κ3) is 2.46. The van der Waals surface area contributed by atoms with E-state index in [0.717, 1.165) is 11.5 Å². The van der Waals surface area contributed by atoms with Gasteiger partial charge in [-0.1, -0.05) is 13.8 Å². The van der Waals surface area contributed by atoms with Crippen LogP contribution in [0.15, 0.2) is 0 Å². The van der Waals surface area contributed by atoms with Crippen LogP contribution in [0.4, 0.5) is 0 Å². The summed E-state index contributed by atoms with van der Waals surface area (Å²) in [6, 6.07) is 0. The highest BCUT2D eigenvalue weighted by molar-refractivity contribution is 8.18. The molecule has 0 unspecified atom stereocenters. The fourth-order valence-electron chi connectivity index (χ4n) is 0.204. The lowest BCUT2D eigenvalue weighted by molar-refractivity contribution is 0.665. The molecule has 0 saturated heterocycles. The normalized spacial score (nSPS) is 17.2. The molecule has 52 valence electrons. The molecule has 0 bridgehead atoms. The van der Waals surface area contributed by atoms with Crippen molar-refractivity contribution in [2.24, 2.45) is 0 Å². The Morgan fingerprint density at radius 3 is 1.38 bits per heavy atom. The van der Waals surface area contributed by atoms with Crippen LogP contribution in [0.3, 0.4) is 0 Å². The highest BCUT2D eigenvalue weighted by atomic mass is 32.3. The average molecular weight is 136 g/mol. The van der Waals surface area contributed by atoms with Gasteiger partial charge in [0.25, 0.3) is 0 Å². The van der Waals surface area contributed by atoms with Gasteiger partial charge in [0, 0.05) is 11.5 Å². The molecule has 8 heavy (non-hydrogen) atoms. The molecule has 0 atom stereocenters. The van der Waals surface area contributed by atoms with Crippen LogP contribution in [0.5, 0.6) is 0 Å². The van der Waals surface area contributed by atoms with Crippen LogP contribution in [-0.2, 0) is 9.07 Å². The maximum Gasteiger partial charge on any atom is 0.000301 e. The van der Waals surface area contributed by atoms with Gasteiger partial charge in [0.05, 0.1) is 0 Å². The van der Waals surface area contributed by atoms with Crippen LogP contribution in [0.25, 0.3) is 0 Å². The predicted molar refractivity (Wildman–Crippen MR) is 41.1 cm³/mol. The maximum atomic E-state index is 11.5. The summed E-state index contributed by atoms with van der Waals surface area (Å²) in [5.74, 6) is 1.63. The highest BCUT2D eigenvalue weighted by Gasteiger charge is 2.18. The molecule has 0 aliphatic heterocycles. The Balaban J connectivity index is 4.25. The van der Waals surface area contributed by atoms with Gasteiger partial charge in [0.2, 0.25) is 0 Å². The summed E-state index contributed by atoms with van der Waals surface area (Å²) in [6.45, 7) is 3.97. The summed E-state index contributed by atoms with van der Waals surface area (Å²) in [5.41, 5.74) is 0. The molecule has 2 heteroatoms. The number of rotatable bonds is 2. The lowest BCUT2D eigenvalue weighted by atomic mass is 11.0. The molecule has 0 amide bonds. The molecule has 0 heterocycles. The van der Waals surface area contributed by atoms with Gasteiger partial charge in [-0.05, 0) is 12.5 Å². The largest absolute Gasteiger partial charge is 0.282 e. The van der Waals surface area contributed by atoms with Crippen LogP contribution in [-0.4, -0.2) is 28.2 Å². The fourth-order valence-corrected chi connectivity index (χ4v) is 0.612. The second-order valence-electron chi connectivity index (χ2n) is 2.91. The van der Waals surface area contributed by atoms with Crippen molar-refractivity contribution in [1.82, 2.24) is 0 Å². The van der Waals surface area contributed by atoms with Crippen molar-refractivity contribution in [2.75, 3.05) is 24.0 Å². The van der Waals surface area contributed by atoms with Crippen LogP contribution in [0.1, 0.15) is 13.8 Å². The Hall–Kier alpha value is 0.150. The van der Waals surface area contributed by atoms with Crippen LogP contribution < -0.4 is 0 Å². The Morgan fingerprint density at radius 1 is 1.12 bits per heavy atom. The standard InChI is InChI=1S/C6H16OS/c1-5-8(3,4,7)6-2/h5-6H2,1-4H3. The van der Waals surface area contributed by atoms with Crippen molar-refractivity contribution in [3.63, 3.8) is 0 Å². The SMILES string of the molecule is CCS(C)(C)(=O)CC. The quantitative estimate of drug-likeness (QED) is 0.555. The van der Waals surface area contributed by atoms with Crippen molar-refractivity contribution >= 4 is 9.07 Å². The van der Waals surface area contributed by atoms with Crippen molar-refractivity contribution in [1.29, 1.82) is 0 Å². The van der Waals surface area contributed by atoms with E-state index in [0.29, 0.717) is 0 Å². The summed E-state index contributed by atoms with van der Waals surface area (Å²) in [7, 11) is -2.13. The van der Waals surface area contributed by atoms with E-state index in [1.54, 1.807) is 0 Å². The van der Waals surface area contributed by atoms with Crippen molar-refractivity contribution in [3.8, 4) is 0 Å². The molecule has 0 aliphatic rings. The Bertz CT molecular complexity index is 121. The molecule has 0 saturated carbocycles. The van der Waals surface area contributed by atoms with E-state index in [-0.39, 0.29) is 0 Å². The second-order valence-corrected chi connectivity index (χ2v) is 8.74. The van der Waals surface area contributed by atoms with E-state index >= 15 is 0 Å². The van der Waals surface area contributed by atoms with Crippen molar-refractivity contribution < 1.29 is 4.21 Å². The molecule has 0 radical (unpaired) electrons. The molecule has 0 rings (SSSR count). The Labute approximate surface area is 51.9 Å². The molecular weight excluding hydrogens is 120 g/mol. The van der Waals surface area contributed by atoms with E-state index in [9.17, 15) is 4.21 Å². The van der Waals surface area contributed by atoms with Gasteiger partial charge in [-0.25, -0.2) is 0 Å². The van der Waals surface area contributed by atoms with Gasteiger partial charge in [0.15, 0.2) is 0 Å². The first-order chi connectivity index (χ1) is 3.39. The average Bonchev–Trinajstić information content (AvgIpc) is 1.68. The van der Waals surface area contributed by atoms with Gasteiger partial charge >= 0.3 is 0 Å². The lowest BCUT2D eigenvalue weighted by Gasteiger charge is -2.30. The first kappa shape index (κ1) is 8.15. The highest BCUT2D eigenvalue weighted by Crippen LogP contribution is 2.14. The first-order valence-electron chi connectivity index (χ1n) is 2.97. The van der Waals surface area contributed by atoms with Gasteiger partial charge < -0.3 is 0 Å². The monoisotopic (exact) mass is 136 g/mol. The van der Waals surface area contributed by atoms with Crippen molar-refractivity contribution in [3.05, 3.63) is 0 Å². The van der Waals surface area contributed by atoms with Gasteiger partial charge in [0.1, 0.15) is 0 Å². The zero-order chi connectivity index (χ0) is 6.86. The topological polar surface area (TPSA) is 17.1 Å². The molecule has 0 aromatic heterocycles. The maximum absolute atomic E-state index is 11.5. The predicted octanol–water partition coefficient (Wildman–Crippen LogP) is 1.11. The molecular formula is C6H16OS. The van der Waals surface area contributed by atoms with Crippen molar-refractivity contribution in [2.45, 2.75) is 13.8 Å². The molecule has 0 N–H and O–H groups in total. The molecule has 0 aromatic carbocycles. The van der Waals surface area contributed by atoms with E-state index in [4.69, 9.17) is 0 Å². The molecule has 1 nitrogen and oxygen atoms in total. The van der Waals surface area contributed by atoms with E-state index < -0.39 is 9.07 Å². The molecule has 0 aliphatic carbocycles. The van der Waals surface area contributed by atoms with E-state index in [2.05, 4.69) is 0 Å². The fraction of sp³-hybridized carbons (Fsp3) is 1.00. The minimum atomic E-state index is -2.13. The summed E-state index contributed by atoms with van der Waals surface area (Å²) in [4.78, 5) is 0. The van der Waals surface area contributed by atoms with Crippen LogP contribution in [0, 0.1) is 0 Å². The minimum absolute atomic E-state index is 0.813. The van der Waals surface area contributed by atoms with Crippen LogP contribution in [0.2, 0.25) is 0 Å². The van der Waals surface area contributed by atoms with E-state index in [1.807, 2.05) is 26.4 Å². The molecule has 0 aromatic rings. The third-order valence-corrected chi connectivity index (χ3v) is 5.40. The minimum Gasteiger partial charge on any atom is -0.282 e. The first-order valence-corrected chi connectivity index (χ1v) is 6.10. The Kier molecular flexibility index (Phi) is 1.87. The summed E-state index contributed by atoms with van der Waals surface area (Å²) in [6.07, 6.45) is 3.74. The smallest absolute Gasteiger partial charge is 0.000301 e. The number of hydrogen-bond acceptors (Lipinski definition) is 1. The second kappa shape index (κ2) is 1.83. The summed E-state index contributed by atoms with van der Waals surface area (Å²) < 4.78 is 11.5. The third-order valence-electron chi connectivity index (χ3n) is 1.80. The Morgan fingerprint density at radius 2 is 1.38 bits per heavy atom. The zero-order valence-corrected chi connectivity index (χ0v) is 7.05. The zero-order valence-electron chi connectivity index (χ0n) is 6.23. The molecule has 0 spiro atoms. The summed E-state index contributed by atoms with van der Waals surface area (Å²) >= 11 is 0. The van der Waals surface area contributed by atoms with E-state index in [1.165, 1.54) is 0 Å². The number of hydrogen-bond donors (Lipinski definition) is 0. The lowest BCUT2D eigenvalue weighted by Crippen LogP contribution is -2.34. The van der Waals surface area contributed by atoms with Gasteiger partial charge in [-0.15, -0.1) is 9.07 Å².